The summed E-state index contributed by atoms with van der Waals surface area (Å²) in [5.74, 6) is 0.849. The number of ether oxygens (including phenoxy) is 1. The molecule has 0 aliphatic carbocycles. The number of aldehydes is 1. The predicted molar refractivity (Wildman–Crippen MR) is 100 cm³/mol. The van der Waals surface area contributed by atoms with Crippen molar-refractivity contribution in [3.63, 3.8) is 0 Å². The zero-order chi connectivity index (χ0) is 17.2. The van der Waals surface area contributed by atoms with Crippen LogP contribution in [0.3, 0.4) is 0 Å². The minimum Gasteiger partial charge on any atom is -0.489 e. The molecule has 0 N–H and O–H groups in total. The van der Waals surface area contributed by atoms with E-state index in [-0.39, 0.29) is 0 Å². The topological polar surface area (TPSA) is 26.3 Å². The second-order valence-electron chi connectivity index (χ2n) is 5.92. The summed E-state index contributed by atoms with van der Waals surface area (Å²) in [5.41, 5.74) is 4.38. The van der Waals surface area contributed by atoms with E-state index in [0.717, 1.165) is 54.4 Å². The Bertz CT molecular complexity index is 654. The Hall–Kier alpha value is -2.35. The van der Waals surface area contributed by atoms with E-state index >= 15 is 0 Å². The van der Waals surface area contributed by atoms with Crippen molar-refractivity contribution in [3.05, 3.63) is 71.3 Å². The van der Waals surface area contributed by atoms with Gasteiger partial charge in [-0.05, 0) is 47.2 Å². The first kappa shape index (κ1) is 18.0. The average molecular weight is 322 g/mol. The molecular weight excluding hydrogens is 296 g/mol. The van der Waals surface area contributed by atoms with Crippen LogP contribution in [0.2, 0.25) is 0 Å². The lowest BCUT2D eigenvalue weighted by Gasteiger charge is -2.12. The Morgan fingerprint density at radius 1 is 0.917 bits per heavy atom. The molecule has 0 bridgehead atoms. The Morgan fingerprint density at radius 2 is 1.58 bits per heavy atom. The number of hydrogen-bond acceptors (Lipinski definition) is 2. The van der Waals surface area contributed by atoms with Crippen LogP contribution in [0.15, 0.2) is 60.2 Å². The highest BCUT2D eigenvalue weighted by atomic mass is 16.5. The summed E-state index contributed by atoms with van der Waals surface area (Å²) in [6.45, 7) is 4.81. The first-order chi connectivity index (χ1) is 11.8. The van der Waals surface area contributed by atoms with Crippen LogP contribution in [-0.4, -0.2) is 6.29 Å². The fraction of sp³-hybridized carbons (Fsp3) is 0.318. The Balaban J connectivity index is 2.12. The number of allylic oxidation sites excluding steroid dienone is 2. The smallest absolute Gasteiger partial charge is 0.146 e. The number of rotatable bonds is 9. The van der Waals surface area contributed by atoms with Gasteiger partial charge in [-0.3, -0.25) is 4.79 Å². The van der Waals surface area contributed by atoms with Gasteiger partial charge < -0.3 is 4.74 Å². The molecule has 0 spiro atoms. The summed E-state index contributed by atoms with van der Waals surface area (Å²) in [6, 6.07) is 18.2. The summed E-state index contributed by atoms with van der Waals surface area (Å²) in [4.78, 5) is 11.4. The Morgan fingerprint density at radius 3 is 2.17 bits per heavy atom. The second kappa shape index (κ2) is 9.71. The molecule has 0 saturated carbocycles. The molecule has 0 radical (unpaired) electrons. The number of carbonyl (C=O) groups is 1. The fourth-order valence-electron chi connectivity index (χ4n) is 2.78. The van der Waals surface area contributed by atoms with Gasteiger partial charge in [-0.1, -0.05) is 69.2 Å². The zero-order valence-corrected chi connectivity index (χ0v) is 14.6. The fourth-order valence-corrected chi connectivity index (χ4v) is 2.78. The Kier molecular flexibility index (Phi) is 7.28. The van der Waals surface area contributed by atoms with Crippen molar-refractivity contribution in [3.8, 4) is 5.75 Å². The molecule has 0 amide bonds. The lowest BCUT2D eigenvalue weighted by atomic mass is 9.94. The number of hydrogen-bond donors (Lipinski definition) is 0. The molecule has 2 nitrogen and oxygen atoms in total. The monoisotopic (exact) mass is 322 g/mol. The molecule has 0 heterocycles. The molecular formula is C22H26O2. The van der Waals surface area contributed by atoms with Crippen molar-refractivity contribution in [1.29, 1.82) is 0 Å². The predicted octanol–water partition coefficient (Wildman–Crippen LogP) is 5.82. The van der Waals surface area contributed by atoms with Gasteiger partial charge in [0.15, 0.2) is 0 Å². The average Bonchev–Trinajstić information content (AvgIpc) is 2.64. The van der Waals surface area contributed by atoms with Gasteiger partial charge in [0.05, 0.1) is 0 Å². The van der Waals surface area contributed by atoms with Gasteiger partial charge >= 0.3 is 0 Å². The van der Waals surface area contributed by atoms with Gasteiger partial charge in [0.25, 0.3) is 0 Å². The molecule has 0 unspecified atom stereocenters. The van der Waals surface area contributed by atoms with E-state index < -0.39 is 0 Å². The molecule has 2 aromatic carbocycles. The highest BCUT2D eigenvalue weighted by Gasteiger charge is 2.08. The molecule has 126 valence electrons. The van der Waals surface area contributed by atoms with E-state index in [1.807, 2.05) is 30.3 Å². The molecule has 24 heavy (non-hydrogen) atoms. The van der Waals surface area contributed by atoms with Crippen LogP contribution >= 0.6 is 0 Å². The van der Waals surface area contributed by atoms with E-state index in [9.17, 15) is 4.79 Å². The van der Waals surface area contributed by atoms with Gasteiger partial charge in [-0.15, -0.1) is 0 Å². The van der Waals surface area contributed by atoms with Gasteiger partial charge in [0.2, 0.25) is 0 Å². The van der Waals surface area contributed by atoms with E-state index in [0.29, 0.717) is 6.61 Å². The molecule has 2 aromatic rings. The second-order valence-corrected chi connectivity index (χ2v) is 5.92. The van der Waals surface area contributed by atoms with E-state index in [1.54, 1.807) is 0 Å². The summed E-state index contributed by atoms with van der Waals surface area (Å²) in [6.07, 6.45) is 4.81. The Labute approximate surface area is 145 Å². The summed E-state index contributed by atoms with van der Waals surface area (Å²) in [7, 11) is 0. The standard InChI is InChI=1S/C22H26O2/c1-3-8-20(16-23)22(9-4-2)19-12-14-21(15-13-19)24-17-18-10-6-5-7-11-18/h5-7,10-16H,3-4,8-9,17H2,1-2H3/b22-20-. The van der Waals surface area contributed by atoms with Gasteiger partial charge in [0.1, 0.15) is 18.6 Å². The molecule has 0 fully saturated rings. The van der Waals surface area contributed by atoms with Crippen molar-refractivity contribution in [1.82, 2.24) is 0 Å². The quantitative estimate of drug-likeness (QED) is 0.429. The van der Waals surface area contributed by atoms with Crippen molar-refractivity contribution >= 4 is 11.9 Å². The van der Waals surface area contributed by atoms with Gasteiger partial charge in [0, 0.05) is 0 Å². The summed E-state index contributed by atoms with van der Waals surface area (Å²) < 4.78 is 5.84. The summed E-state index contributed by atoms with van der Waals surface area (Å²) in [5, 5.41) is 0. The van der Waals surface area contributed by atoms with Crippen molar-refractivity contribution < 1.29 is 9.53 Å². The van der Waals surface area contributed by atoms with E-state index in [2.05, 4.69) is 38.1 Å². The molecule has 0 atom stereocenters. The normalized spacial score (nSPS) is 11.8. The highest BCUT2D eigenvalue weighted by Crippen LogP contribution is 2.27. The van der Waals surface area contributed by atoms with Crippen molar-refractivity contribution in [2.75, 3.05) is 0 Å². The highest BCUT2D eigenvalue weighted by molar-refractivity contribution is 5.88. The van der Waals surface area contributed by atoms with Crippen LogP contribution < -0.4 is 4.74 Å². The van der Waals surface area contributed by atoms with Crippen LogP contribution in [0.5, 0.6) is 5.75 Å². The van der Waals surface area contributed by atoms with Crippen LogP contribution in [0.1, 0.15) is 50.7 Å². The SMILES string of the molecule is CCC/C(C=O)=C(\CCC)c1ccc(OCc2ccccc2)cc1. The van der Waals surface area contributed by atoms with Crippen LogP contribution in [0, 0.1) is 0 Å². The maximum absolute atomic E-state index is 11.4. The third-order valence-electron chi connectivity index (χ3n) is 4.00. The lowest BCUT2D eigenvalue weighted by molar-refractivity contribution is -0.105. The summed E-state index contributed by atoms with van der Waals surface area (Å²) >= 11 is 0. The van der Waals surface area contributed by atoms with E-state index in [1.165, 1.54) is 5.57 Å². The van der Waals surface area contributed by atoms with Crippen LogP contribution in [0.25, 0.3) is 5.57 Å². The number of benzene rings is 2. The van der Waals surface area contributed by atoms with Gasteiger partial charge in [-0.2, -0.15) is 0 Å². The maximum Gasteiger partial charge on any atom is 0.146 e. The first-order valence-corrected chi connectivity index (χ1v) is 8.72. The first-order valence-electron chi connectivity index (χ1n) is 8.72. The molecule has 0 aromatic heterocycles. The molecule has 0 saturated heterocycles. The largest absolute Gasteiger partial charge is 0.489 e. The lowest BCUT2D eigenvalue weighted by Crippen LogP contribution is -1.97. The van der Waals surface area contributed by atoms with Crippen LogP contribution in [-0.2, 0) is 11.4 Å². The van der Waals surface area contributed by atoms with Crippen LogP contribution in [0.4, 0.5) is 0 Å². The third-order valence-corrected chi connectivity index (χ3v) is 4.00. The van der Waals surface area contributed by atoms with Crippen molar-refractivity contribution in [2.24, 2.45) is 0 Å². The minimum absolute atomic E-state index is 0.563. The van der Waals surface area contributed by atoms with Crippen molar-refractivity contribution in [2.45, 2.75) is 46.1 Å². The number of carbonyl (C=O) groups excluding carboxylic acids is 1. The van der Waals surface area contributed by atoms with Gasteiger partial charge in [-0.25, -0.2) is 0 Å². The third kappa shape index (κ3) is 5.09. The zero-order valence-electron chi connectivity index (χ0n) is 14.6. The molecule has 0 aliphatic rings. The molecule has 2 heteroatoms. The molecule has 0 aliphatic heterocycles. The maximum atomic E-state index is 11.4. The molecule has 2 rings (SSSR count). The van der Waals surface area contributed by atoms with E-state index in [4.69, 9.17) is 4.74 Å². The minimum atomic E-state index is 0.563.